The topological polar surface area (TPSA) is 92.6 Å². The minimum Gasteiger partial charge on any atom is -0.390 e. The number of nitrogens with zero attached hydrogens (tertiary/aromatic N) is 1. The molecule has 1 heterocycles. The molecule has 0 radical (unpaired) electrons. The molecule has 0 aliphatic carbocycles. The lowest BCUT2D eigenvalue weighted by Crippen LogP contribution is -2.37. The molecule has 2 atom stereocenters. The van der Waals surface area contributed by atoms with Crippen LogP contribution in [-0.2, 0) is 4.79 Å². The lowest BCUT2D eigenvalue weighted by Gasteiger charge is -2.19. The van der Waals surface area contributed by atoms with E-state index in [0.29, 0.717) is 26.1 Å². The van der Waals surface area contributed by atoms with Crippen molar-refractivity contribution in [3.8, 4) is 0 Å². The van der Waals surface area contributed by atoms with Crippen molar-refractivity contribution >= 4 is 5.91 Å². The Labute approximate surface area is 77.7 Å². The summed E-state index contributed by atoms with van der Waals surface area (Å²) in [7, 11) is 0. The van der Waals surface area contributed by atoms with Gasteiger partial charge in [-0.3, -0.25) is 4.79 Å². The molecule has 1 aliphatic rings. The Bertz CT molecular complexity index is 186. The van der Waals surface area contributed by atoms with E-state index in [4.69, 9.17) is 11.5 Å². The lowest BCUT2D eigenvalue weighted by atomic mass is 10.1. The molecule has 0 aromatic heterocycles. The summed E-state index contributed by atoms with van der Waals surface area (Å²) in [5.74, 6) is 0.320. The predicted molar refractivity (Wildman–Crippen MR) is 48.8 cm³/mol. The second-order valence-electron chi connectivity index (χ2n) is 3.49. The highest BCUT2D eigenvalue weighted by Crippen LogP contribution is 2.16. The SMILES string of the molecule is NCC(O)CN1CC(CN)CC1=O. The number of nitrogens with two attached hydrogens (primary N) is 2. The van der Waals surface area contributed by atoms with Gasteiger partial charge in [0.05, 0.1) is 6.10 Å². The molecule has 0 bridgehead atoms. The summed E-state index contributed by atoms with van der Waals surface area (Å²) in [6, 6.07) is 0. The summed E-state index contributed by atoms with van der Waals surface area (Å²) < 4.78 is 0. The zero-order valence-corrected chi connectivity index (χ0v) is 7.65. The van der Waals surface area contributed by atoms with Crippen molar-refractivity contribution in [2.45, 2.75) is 12.5 Å². The number of hydrogen-bond donors (Lipinski definition) is 3. The van der Waals surface area contributed by atoms with Crippen LogP contribution in [0.3, 0.4) is 0 Å². The molecular weight excluding hydrogens is 170 g/mol. The van der Waals surface area contributed by atoms with Crippen LogP contribution in [0.4, 0.5) is 0 Å². The fraction of sp³-hybridized carbons (Fsp3) is 0.875. The molecule has 1 fully saturated rings. The summed E-state index contributed by atoms with van der Waals surface area (Å²) in [5, 5.41) is 9.24. The number of carbonyl (C=O) groups is 1. The van der Waals surface area contributed by atoms with Gasteiger partial charge in [0.25, 0.3) is 0 Å². The predicted octanol–water partition coefficient (Wildman–Crippen LogP) is -1.89. The van der Waals surface area contributed by atoms with Crippen molar-refractivity contribution in [1.29, 1.82) is 0 Å². The van der Waals surface area contributed by atoms with E-state index in [1.807, 2.05) is 0 Å². The van der Waals surface area contributed by atoms with Gasteiger partial charge >= 0.3 is 0 Å². The first-order valence-electron chi connectivity index (χ1n) is 4.53. The highest BCUT2D eigenvalue weighted by molar-refractivity contribution is 5.78. The molecule has 1 rings (SSSR count). The number of amides is 1. The third-order valence-electron chi connectivity index (χ3n) is 2.33. The number of β-amino-alcohol motifs (C(OH)–C–C–N with tert-alkyl or cyclic N) is 1. The monoisotopic (exact) mass is 187 g/mol. The van der Waals surface area contributed by atoms with Crippen LogP contribution < -0.4 is 11.5 Å². The van der Waals surface area contributed by atoms with Gasteiger partial charge in [-0.05, 0) is 12.5 Å². The van der Waals surface area contributed by atoms with Gasteiger partial charge in [-0.15, -0.1) is 0 Å². The first kappa shape index (κ1) is 10.4. The highest BCUT2D eigenvalue weighted by atomic mass is 16.3. The van der Waals surface area contributed by atoms with Crippen molar-refractivity contribution in [2.24, 2.45) is 17.4 Å². The van der Waals surface area contributed by atoms with Crippen LogP contribution in [0.15, 0.2) is 0 Å². The molecule has 2 unspecified atom stereocenters. The number of rotatable bonds is 4. The molecule has 1 saturated heterocycles. The van der Waals surface area contributed by atoms with Crippen LogP contribution in [0.25, 0.3) is 0 Å². The quantitative estimate of drug-likeness (QED) is 0.480. The van der Waals surface area contributed by atoms with E-state index >= 15 is 0 Å². The maximum atomic E-state index is 11.3. The van der Waals surface area contributed by atoms with E-state index in [-0.39, 0.29) is 18.4 Å². The van der Waals surface area contributed by atoms with Gasteiger partial charge in [0.2, 0.25) is 5.91 Å². The van der Waals surface area contributed by atoms with E-state index in [2.05, 4.69) is 0 Å². The van der Waals surface area contributed by atoms with Gasteiger partial charge in [0.15, 0.2) is 0 Å². The molecule has 13 heavy (non-hydrogen) atoms. The summed E-state index contributed by atoms with van der Waals surface area (Å²) in [6.45, 7) is 1.72. The van der Waals surface area contributed by atoms with E-state index < -0.39 is 6.10 Å². The Morgan fingerprint density at radius 3 is 2.77 bits per heavy atom. The minimum absolute atomic E-state index is 0.0722. The van der Waals surface area contributed by atoms with Crippen molar-refractivity contribution in [1.82, 2.24) is 4.90 Å². The van der Waals surface area contributed by atoms with Crippen molar-refractivity contribution in [3.05, 3.63) is 0 Å². The Kier molecular flexibility index (Phi) is 3.65. The lowest BCUT2D eigenvalue weighted by molar-refractivity contribution is -0.128. The summed E-state index contributed by atoms with van der Waals surface area (Å²) in [6.07, 6.45) is -0.103. The second kappa shape index (κ2) is 4.55. The van der Waals surface area contributed by atoms with Crippen LogP contribution >= 0.6 is 0 Å². The summed E-state index contributed by atoms with van der Waals surface area (Å²) >= 11 is 0. The van der Waals surface area contributed by atoms with E-state index in [1.54, 1.807) is 4.90 Å². The molecule has 0 aromatic carbocycles. The molecular formula is C8H17N3O2. The van der Waals surface area contributed by atoms with Crippen molar-refractivity contribution in [3.63, 3.8) is 0 Å². The van der Waals surface area contributed by atoms with Crippen molar-refractivity contribution in [2.75, 3.05) is 26.2 Å². The van der Waals surface area contributed by atoms with Crippen molar-refractivity contribution < 1.29 is 9.90 Å². The summed E-state index contributed by atoms with van der Waals surface area (Å²) in [4.78, 5) is 12.9. The Balaban J connectivity index is 2.39. The highest BCUT2D eigenvalue weighted by Gasteiger charge is 2.29. The normalized spacial score (nSPS) is 25.3. The van der Waals surface area contributed by atoms with Gasteiger partial charge in [0, 0.05) is 26.1 Å². The molecule has 5 N–H and O–H groups in total. The fourth-order valence-corrected chi connectivity index (χ4v) is 1.52. The zero-order chi connectivity index (χ0) is 9.84. The Hall–Kier alpha value is -0.650. The summed E-state index contributed by atoms with van der Waals surface area (Å²) in [5.41, 5.74) is 10.7. The van der Waals surface area contributed by atoms with Crippen LogP contribution in [0.2, 0.25) is 0 Å². The smallest absolute Gasteiger partial charge is 0.223 e. The minimum atomic E-state index is -0.611. The largest absolute Gasteiger partial charge is 0.390 e. The standard InChI is InChI=1S/C8H17N3O2/c9-2-6-1-8(13)11(4-6)5-7(12)3-10/h6-7,12H,1-5,9-10H2. The molecule has 5 nitrogen and oxygen atoms in total. The molecule has 0 saturated carbocycles. The molecule has 5 heteroatoms. The van der Waals surface area contributed by atoms with Gasteiger partial charge in [-0.25, -0.2) is 0 Å². The van der Waals surface area contributed by atoms with Gasteiger partial charge in [-0.1, -0.05) is 0 Å². The van der Waals surface area contributed by atoms with E-state index in [0.717, 1.165) is 0 Å². The van der Waals surface area contributed by atoms with Gasteiger partial charge < -0.3 is 21.5 Å². The van der Waals surface area contributed by atoms with Crippen LogP contribution in [-0.4, -0.2) is 48.2 Å². The Morgan fingerprint density at radius 1 is 1.62 bits per heavy atom. The maximum absolute atomic E-state index is 11.3. The van der Waals surface area contributed by atoms with Gasteiger partial charge in [0.1, 0.15) is 0 Å². The number of likely N-dealkylation sites (tertiary alicyclic amines) is 1. The van der Waals surface area contributed by atoms with E-state index in [9.17, 15) is 9.90 Å². The Morgan fingerprint density at radius 2 is 2.31 bits per heavy atom. The number of aliphatic hydroxyl groups is 1. The van der Waals surface area contributed by atoms with E-state index in [1.165, 1.54) is 0 Å². The molecule has 0 spiro atoms. The van der Waals surface area contributed by atoms with Gasteiger partial charge in [-0.2, -0.15) is 0 Å². The first-order chi connectivity index (χ1) is 6.17. The fourth-order valence-electron chi connectivity index (χ4n) is 1.52. The average molecular weight is 187 g/mol. The number of hydrogen-bond acceptors (Lipinski definition) is 4. The van der Waals surface area contributed by atoms with Crippen LogP contribution in [0.5, 0.6) is 0 Å². The molecule has 1 amide bonds. The molecule has 1 aliphatic heterocycles. The average Bonchev–Trinajstić information content (AvgIpc) is 2.47. The zero-order valence-electron chi connectivity index (χ0n) is 7.65. The van der Waals surface area contributed by atoms with Crippen LogP contribution in [0.1, 0.15) is 6.42 Å². The molecule has 76 valence electrons. The number of carbonyl (C=O) groups excluding carboxylic acids is 1. The second-order valence-corrected chi connectivity index (χ2v) is 3.49. The number of aliphatic hydroxyl groups excluding tert-OH is 1. The maximum Gasteiger partial charge on any atom is 0.223 e. The first-order valence-corrected chi connectivity index (χ1v) is 4.53. The third kappa shape index (κ3) is 2.65. The third-order valence-corrected chi connectivity index (χ3v) is 2.33. The molecule has 0 aromatic rings. The van der Waals surface area contributed by atoms with Crippen LogP contribution in [0, 0.1) is 5.92 Å².